The van der Waals surface area contributed by atoms with Crippen LogP contribution in [-0.2, 0) is 13.1 Å². The third-order valence-corrected chi connectivity index (χ3v) is 4.43. The van der Waals surface area contributed by atoms with Gasteiger partial charge in [-0.05, 0) is 38.1 Å². The lowest BCUT2D eigenvalue weighted by Gasteiger charge is -2.30. The van der Waals surface area contributed by atoms with Gasteiger partial charge in [-0.15, -0.1) is 0 Å². The highest BCUT2D eigenvalue weighted by Gasteiger charge is 2.25. The number of amides is 2. The van der Waals surface area contributed by atoms with Gasteiger partial charge in [-0.2, -0.15) is 0 Å². The number of hydrogen-bond acceptors (Lipinski definition) is 3. The molecule has 0 spiro atoms. The van der Waals surface area contributed by atoms with E-state index in [-0.39, 0.29) is 24.6 Å². The van der Waals surface area contributed by atoms with Crippen molar-refractivity contribution in [1.29, 1.82) is 0 Å². The molecule has 0 saturated heterocycles. The monoisotopic (exact) mass is 319 g/mol. The smallest absolute Gasteiger partial charge is 0.315 e. The summed E-state index contributed by atoms with van der Waals surface area (Å²) in [5.41, 5.74) is 2.35. The van der Waals surface area contributed by atoms with Gasteiger partial charge in [0.05, 0.1) is 0 Å². The quantitative estimate of drug-likeness (QED) is 0.752. The number of nitrogens with one attached hydrogen (secondary N) is 2. The molecule has 3 N–H and O–H groups in total. The van der Waals surface area contributed by atoms with E-state index in [1.54, 1.807) is 0 Å². The Balaban J connectivity index is 1.77. The number of benzene rings is 1. The van der Waals surface area contributed by atoms with Gasteiger partial charge in [-0.3, -0.25) is 0 Å². The fourth-order valence-electron chi connectivity index (χ4n) is 3.15. The van der Waals surface area contributed by atoms with E-state index in [1.165, 1.54) is 5.56 Å². The van der Waals surface area contributed by atoms with Crippen molar-refractivity contribution >= 4 is 6.03 Å². The number of hydrogen-bond donors (Lipinski definition) is 3. The first-order valence-electron chi connectivity index (χ1n) is 8.46. The standard InChI is InChI=1S/C18H29N3O2/c1-21(2)12-15-9-7-14(8-10-15)11-19-18(23)20-17-6-4-3-5-16(17)13-22/h7-10,16-17,22H,3-6,11-13H2,1-2H3,(H2,19,20,23). The number of aliphatic hydroxyl groups excluding tert-OH is 1. The van der Waals surface area contributed by atoms with Gasteiger partial charge >= 0.3 is 6.03 Å². The molecule has 0 heterocycles. The Morgan fingerprint density at radius 2 is 1.83 bits per heavy atom. The molecule has 1 aromatic rings. The SMILES string of the molecule is CN(C)Cc1ccc(CNC(=O)NC2CCCCC2CO)cc1. The molecular weight excluding hydrogens is 290 g/mol. The van der Waals surface area contributed by atoms with E-state index in [1.807, 2.05) is 14.1 Å². The maximum atomic E-state index is 12.0. The van der Waals surface area contributed by atoms with Gasteiger partial charge in [0.25, 0.3) is 0 Å². The average Bonchev–Trinajstić information content (AvgIpc) is 2.54. The Bertz CT molecular complexity index is 488. The third-order valence-electron chi connectivity index (χ3n) is 4.43. The van der Waals surface area contributed by atoms with Gasteiger partial charge in [-0.25, -0.2) is 4.79 Å². The van der Waals surface area contributed by atoms with Crippen LogP contribution in [0, 0.1) is 5.92 Å². The highest BCUT2D eigenvalue weighted by Crippen LogP contribution is 2.23. The number of aliphatic hydroxyl groups is 1. The summed E-state index contributed by atoms with van der Waals surface area (Å²) in [5, 5.41) is 15.3. The zero-order valence-corrected chi connectivity index (χ0v) is 14.2. The molecule has 0 radical (unpaired) electrons. The summed E-state index contributed by atoms with van der Waals surface area (Å²) in [6, 6.07) is 8.24. The first kappa shape index (κ1) is 17.8. The van der Waals surface area contributed by atoms with Crippen LogP contribution in [0.3, 0.4) is 0 Å². The zero-order valence-electron chi connectivity index (χ0n) is 14.2. The molecule has 2 atom stereocenters. The summed E-state index contributed by atoms with van der Waals surface area (Å²) < 4.78 is 0. The topological polar surface area (TPSA) is 64.6 Å². The second-order valence-electron chi connectivity index (χ2n) is 6.71. The van der Waals surface area contributed by atoms with E-state index < -0.39 is 0 Å². The summed E-state index contributed by atoms with van der Waals surface area (Å²) in [5.74, 6) is 0.194. The van der Waals surface area contributed by atoms with Crippen LogP contribution in [0.2, 0.25) is 0 Å². The number of rotatable bonds is 6. The summed E-state index contributed by atoms with van der Waals surface area (Å²) in [7, 11) is 4.09. The molecule has 1 fully saturated rings. The second kappa shape index (κ2) is 8.89. The van der Waals surface area contributed by atoms with Crippen LogP contribution in [0.15, 0.2) is 24.3 Å². The fraction of sp³-hybridized carbons (Fsp3) is 0.611. The minimum atomic E-state index is -0.146. The van der Waals surface area contributed by atoms with Crippen LogP contribution in [0.5, 0.6) is 0 Å². The largest absolute Gasteiger partial charge is 0.396 e. The maximum Gasteiger partial charge on any atom is 0.315 e. The predicted octanol–water partition coefficient (Wildman–Crippen LogP) is 2.10. The molecular formula is C18H29N3O2. The van der Waals surface area contributed by atoms with E-state index in [9.17, 15) is 9.90 Å². The summed E-state index contributed by atoms with van der Waals surface area (Å²) >= 11 is 0. The number of carbonyl (C=O) groups is 1. The van der Waals surface area contributed by atoms with Crippen LogP contribution >= 0.6 is 0 Å². The molecule has 2 unspecified atom stereocenters. The van der Waals surface area contributed by atoms with E-state index in [4.69, 9.17) is 0 Å². The van der Waals surface area contributed by atoms with Gasteiger partial charge in [-0.1, -0.05) is 37.1 Å². The van der Waals surface area contributed by atoms with Crippen molar-refractivity contribution in [3.63, 3.8) is 0 Å². The fourth-order valence-corrected chi connectivity index (χ4v) is 3.15. The molecule has 0 bridgehead atoms. The normalized spacial score (nSPS) is 21.2. The summed E-state index contributed by atoms with van der Waals surface area (Å²) in [4.78, 5) is 14.2. The second-order valence-corrected chi connectivity index (χ2v) is 6.71. The Kier molecular flexibility index (Phi) is 6.86. The van der Waals surface area contributed by atoms with E-state index in [0.717, 1.165) is 37.8 Å². The molecule has 1 saturated carbocycles. The molecule has 1 aromatic carbocycles. The molecule has 2 rings (SSSR count). The van der Waals surface area contributed by atoms with Crippen LogP contribution in [0.4, 0.5) is 4.79 Å². The zero-order chi connectivity index (χ0) is 16.7. The number of carbonyl (C=O) groups excluding carboxylic acids is 1. The molecule has 23 heavy (non-hydrogen) atoms. The van der Waals surface area contributed by atoms with Crippen molar-refractivity contribution in [3.8, 4) is 0 Å². The molecule has 5 heteroatoms. The molecule has 5 nitrogen and oxygen atoms in total. The van der Waals surface area contributed by atoms with E-state index in [0.29, 0.717) is 6.54 Å². The Labute approximate surface area is 139 Å². The van der Waals surface area contributed by atoms with E-state index in [2.05, 4.69) is 39.8 Å². The van der Waals surface area contributed by atoms with Crippen molar-refractivity contribution < 1.29 is 9.90 Å². The molecule has 1 aliphatic rings. The molecule has 128 valence electrons. The number of urea groups is 1. The lowest BCUT2D eigenvalue weighted by atomic mass is 9.85. The molecule has 1 aliphatic carbocycles. The summed E-state index contributed by atoms with van der Waals surface area (Å²) in [6.45, 7) is 1.58. The van der Waals surface area contributed by atoms with Crippen molar-refractivity contribution in [1.82, 2.24) is 15.5 Å². The Morgan fingerprint density at radius 3 is 2.48 bits per heavy atom. The highest BCUT2D eigenvalue weighted by molar-refractivity contribution is 5.74. The lowest BCUT2D eigenvalue weighted by molar-refractivity contribution is 0.153. The van der Waals surface area contributed by atoms with Gasteiger partial charge in [0.2, 0.25) is 0 Å². The molecule has 0 aliphatic heterocycles. The lowest BCUT2D eigenvalue weighted by Crippen LogP contribution is -2.47. The first-order valence-corrected chi connectivity index (χ1v) is 8.46. The Hall–Kier alpha value is -1.59. The van der Waals surface area contributed by atoms with Crippen LogP contribution in [-0.4, -0.2) is 42.8 Å². The van der Waals surface area contributed by atoms with Crippen molar-refractivity contribution in [2.24, 2.45) is 5.92 Å². The minimum Gasteiger partial charge on any atom is -0.396 e. The third kappa shape index (κ3) is 5.84. The van der Waals surface area contributed by atoms with Crippen molar-refractivity contribution in [2.75, 3.05) is 20.7 Å². The van der Waals surface area contributed by atoms with E-state index >= 15 is 0 Å². The van der Waals surface area contributed by atoms with Gasteiger partial charge < -0.3 is 20.6 Å². The van der Waals surface area contributed by atoms with Crippen LogP contribution in [0.25, 0.3) is 0 Å². The first-order chi connectivity index (χ1) is 11.1. The Morgan fingerprint density at radius 1 is 1.17 bits per heavy atom. The van der Waals surface area contributed by atoms with Gasteiger partial charge in [0.15, 0.2) is 0 Å². The van der Waals surface area contributed by atoms with Crippen LogP contribution < -0.4 is 10.6 Å². The maximum absolute atomic E-state index is 12.0. The number of nitrogens with zero attached hydrogens (tertiary/aromatic N) is 1. The van der Waals surface area contributed by atoms with Crippen molar-refractivity contribution in [2.45, 2.75) is 44.8 Å². The van der Waals surface area contributed by atoms with Crippen molar-refractivity contribution in [3.05, 3.63) is 35.4 Å². The van der Waals surface area contributed by atoms with Crippen LogP contribution in [0.1, 0.15) is 36.8 Å². The molecule has 2 amide bonds. The molecule has 0 aromatic heterocycles. The average molecular weight is 319 g/mol. The highest BCUT2D eigenvalue weighted by atomic mass is 16.3. The van der Waals surface area contributed by atoms with Gasteiger partial charge in [0, 0.05) is 31.7 Å². The summed E-state index contributed by atoms with van der Waals surface area (Å²) in [6.07, 6.45) is 4.21. The van der Waals surface area contributed by atoms with Gasteiger partial charge in [0.1, 0.15) is 0 Å². The predicted molar refractivity (Wildman–Crippen MR) is 92.0 cm³/mol. The minimum absolute atomic E-state index is 0.0937.